The summed E-state index contributed by atoms with van der Waals surface area (Å²) in [4.78, 5) is 24.4. The summed E-state index contributed by atoms with van der Waals surface area (Å²) in [6.45, 7) is 0. The molecule has 0 N–H and O–H groups in total. The van der Waals surface area contributed by atoms with Gasteiger partial charge in [0.25, 0.3) is 5.56 Å². The molecule has 0 saturated heterocycles. The smallest absolute Gasteiger partial charge is 0.279 e. The minimum absolute atomic E-state index is 0.311. The van der Waals surface area contributed by atoms with Crippen LogP contribution in [0.5, 0.6) is 0 Å². The van der Waals surface area contributed by atoms with Crippen molar-refractivity contribution < 1.29 is 4.79 Å². The molecule has 0 radical (unpaired) electrons. The molecule has 0 aliphatic carbocycles. The molecule has 138 valence electrons. The number of hydrogen-bond acceptors (Lipinski definition) is 3. The minimum Gasteiger partial charge on any atom is -0.298 e. The third-order valence-electron chi connectivity index (χ3n) is 4.28. The number of hydrogen-bond donors (Lipinski definition) is 0. The van der Waals surface area contributed by atoms with Gasteiger partial charge in [-0.3, -0.25) is 9.59 Å². The summed E-state index contributed by atoms with van der Waals surface area (Å²) in [5.41, 5.74) is 1.69. The summed E-state index contributed by atoms with van der Waals surface area (Å²) in [7, 11) is 0. The molecule has 1 heterocycles. The summed E-state index contributed by atoms with van der Waals surface area (Å²) in [6, 6.07) is 17.4. The van der Waals surface area contributed by atoms with Gasteiger partial charge in [0.15, 0.2) is 0 Å². The lowest BCUT2D eigenvalue weighted by Crippen LogP contribution is -2.23. The third kappa shape index (κ3) is 3.26. The molecule has 1 aromatic heterocycles. The predicted octanol–water partition coefficient (Wildman–Crippen LogP) is 5.93. The Morgan fingerprint density at radius 2 is 1.61 bits per heavy atom. The zero-order valence-electron chi connectivity index (χ0n) is 14.2. The van der Waals surface area contributed by atoms with Crippen LogP contribution in [0.25, 0.3) is 27.7 Å². The molecule has 0 bridgehead atoms. The molecule has 0 saturated carbocycles. The Hall–Kier alpha value is -2.47. The number of benzene rings is 3. The molecule has 4 rings (SSSR count). The predicted molar refractivity (Wildman–Crippen MR) is 116 cm³/mol. The van der Waals surface area contributed by atoms with E-state index in [1.54, 1.807) is 42.5 Å². The highest BCUT2D eigenvalue weighted by molar-refractivity contribution is 9.10. The van der Waals surface area contributed by atoms with Crippen molar-refractivity contribution in [2.24, 2.45) is 0 Å². The highest BCUT2D eigenvalue weighted by Gasteiger charge is 2.17. The molecular weight excluding hydrogens is 463 g/mol. The summed E-state index contributed by atoms with van der Waals surface area (Å²) < 4.78 is 1.94. The van der Waals surface area contributed by atoms with E-state index in [9.17, 15) is 9.59 Å². The van der Waals surface area contributed by atoms with Gasteiger partial charge in [0.1, 0.15) is 12.0 Å². The number of fused-ring (bicyclic) bond motifs is 1. The van der Waals surface area contributed by atoms with E-state index in [-0.39, 0.29) is 5.56 Å². The van der Waals surface area contributed by atoms with Crippen molar-refractivity contribution in [2.45, 2.75) is 0 Å². The van der Waals surface area contributed by atoms with Crippen molar-refractivity contribution >= 4 is 56.2 Å². The largest absolute Gasteiger partial charge is 0.298 e. The lowest BCUT2D eigenvalue weighted by molar-refractivity contribution is 0.112. The molecule has 0 fully saturated rings. The number of rotatable bonds is 3. The van der Waals surface area contributed by atoms with E-state index in [1.165, 1.54) is 4.68 Å². The summed E-state index contributed by atoms with van der Waals surface area (Å²) in [5, 5.41) is 6.34. The van der Waals surface area contributed by atoms with Crippen LogP contribution >= 0.6 is 39.1 Å². The van der Waals surface area contributed by atoms with Gasteiger partial charge in [-0.25, -0.2) is 0 Å². The van der Waals surface area contributed by atoms with Gasteiger partial charge in [-0.05, 0) is 36.4 Å². The number of aromatic nitrogens is 2. The van der Waals surface area contributed by atoms with Crippen LogP contribution in [0.2, 0.25) is 10.0 Å². The Balaban J connectivity index is 2.14. The minimum atomic E-state index is -0.333. The second kappa shape index (κ2) is 7.51. The van der Waals surface area contributed by atoms with Gasteiger partial charge in [-0.15, -0.1) is 0 Å². The summed E-state index contributed by atoms with van der Waals surface area (Å²) >= 11 is 16.1. The van der Waals surface area contributed by atoms with E-state index in [2.05, 4.69) is 21.0 Å². The molecule has 4 aromatic rings. The van der Waals surface area contributed by atoms with Gasteiger partial charge >= 0.3 is 0 Å². The number of nitrogens with zero attached hydrogens (tertiary/aromatic N) is 2. The van der Waals surface area contributed by atoms with Gasteiger partial charge in [-0.2, -0.15) is 9.78 Å². The first-order chi connectivity index (χ1) is 13.5. The standard InChI is InChI=1S/C21H11BrCl2N2O2/c22-14-9-12(11-27)8-13(10-14)19-15-4-1-2-5-16(15)21(28)26(25-19)20-17(23)6-3-7-18(20)24/h1-11H. The molecule has 0 spiro atoms. The van der Waals surface area contributed by atoms with Crippen LogP contribution in [0.4, 0.5) is 0 Å². The lowest BCUT2D eigenvalue weighted by Gasteiger charge is -2.14. The second-order valence-electron chi connectivity index (χ2n) is 6.07. The molecule has 0 aliphatic heterocycles. The van der Waals surface area contributed by atoms with E-state index in [0.29, 0.717) is 43.3 Å². The molecule has 3 aromatic carbocycles. The molecule has 7 heteroatoms. The SMILES string of the molecule is O=Cc1cc(Br)cc(-c2nn(-c3c(Cl)cccc3Cl)c(=O)c3ccccc23)c1. The van der Waals surface area contributed by atoms with Gasteiger partial charge in [0.2, 0.25) is 0 Å². The maximum Gasteiger partial charge on any atom is 0.279 e. The first-order valence-electron chi connectivity index (χ1n) is 8.22. The van der Waals surface area contributed by atoms with Gasteiger partial charge in [-0.1, -0.05) is 63.4 Å². The Kier molecular flexibility index (Phi) is 5.06. The van der Waals surface area contributed by atoms with Crippen LogP contribution in [0.15, 0.2) is 69.9 Å². The highest BCUT2D eigenvalue weighted by atomic mass is 79.9. The molecule has 0 unspecified atom stereocenters. The van der Waals surface area contributed by atoms with Crippen molar-refractivity contribution in [2.75, 3.05) is 0 Å². The van der Waals surface area contributed by atoms with E-state index in [4.69, 9.17) is 23.2 Å². The van der Waals surface area contributed by atoms with Gasteiger partial charge < -0.3 is 0 Å². The fourth-order valence-corrected chi connectivity index (χ4v) is 4.13. The number of para-hydroxylation sites is 1. The van der Waals surface area contributed by atoms with E-state index < -0.39 is 0 Å². The van der Waals surface area contributed by atoms with Crippen molar-refractivity contribution in [1.82, 2.24) is 9.78 Å². The lowest BCUT2D eigenvalue weighted by atomic mass is 10.0. The monoisotopic (exact) mass is 472 g/mol. The van der Waals surface area contributed by atoms with Crippen LogP contribution in [-0.4, -0.2) is 16.1 Å². The molecular formula is C21H11BrCl2N2O2. The van der Waals surface area contributed by atoms with Crippen LogP contribution < -0.4 is 5.56 Å². The van der Waals surface area contributed by atoms with Crippen LogP contribution in [-0.2, 0) is 0 Å². The molecule has 0 amide bonds. The van der Waals surface area contributed by atoms with Crippen molar-refractivity contribution in [3.05, 3.63) is 91.1 Å². The zero-order chi connectivity index (χ0) is 19.8. The van der Waals surface area contributed by atoms with E-state index in [1.807, 2.05) is 18.2 Å². The highest BCUT2D eigenvalue weighted by Crippen LogP contribution is 2.31. The second-order valence-corrected chi connectivity index (χ2v) is 7.80. The fraction of sp³-hybridized carbons (Fsp3) is 0. The van der Waals surface area contributed by atoms with Gasteiger partial charge in [0, 0.05) is 21.0 Å². The normalized spacial score (nSPS) is 11.0. The Morgan fingerprint density at radius 3 is 2.29 bits per heavy atom. The Morgan fingerprint density at radius 1 is 0.929 bits per heavy atom. The topological polar surface area (TPSA) is 52.0 Å². The Bertz CT molecular complexity index is 1280. The zero-order valence-corrected chi connectivity index (χ0v) is 17.3. The number of halogens is 3. The van der Waals surface area contributed by atoms with E-state index >= 15 is 0 Å². The average molecular weight is 474 g/mol. The van der Waals surface area contributed by atoms with Crippen LogP contribution in [0.3, 0.4) is 0 Å². The summed E-state index contributed by atoms with van der Waals surface area (Å²) in [5.74, 6) is 0. The van der Waals surface area contributed by atoms with E-state index in [0.717, 1.165) is 10.8 Å². The molecule has 0 atom stereocenters. The van der Waals surface area contributed by atoms with Crippen LogP contribution in [0, 0.1) is 0 Å². The first kappa shape index (κ1) is 18.9. The number of carbonyl (C=O) groups is 1. The quantitative estimate of drug-likeness (QED) is 0.346. The third-order valence-corrected chi connectivity index (χ3v) is 5.35. The maximum absolute atomic E-state index is 13.1. The van der Waals surface area contributed by atoms with Crippen molar-refractivity contribution in [1.29, 1.82) is 0 Å². The number of carbonyl (C=O) groups excluding carboxylic acids is 1. The van der Waals surface area contributed by atoms with Crippen LogP contribution in [0.1, 0.15) is 10.4 Å². The summed E-state index contributed by atoms with van der Waals surface area (Å²) in [6.07, 6.45) is 0.761. The molecule has 0 aliphatic rings. The average Bonchev–Trinajstić information content (AvgIpc) is 2.69. The number of aldehydes is 1. The van der Waals surface area contributed by atoms with Crippen molar-refractivity contribution in [3.8, 4) is 16.9 Å². The first-order valence-corrected chi connectivity index (χ1v) is 9.77. The maximum atomic E-state index is 13.1. The van der Waals surface area contributed by atoms with Crippen molar-refractivity contribution in [3.63, 3.8) is 0 Å². The molecule has 4 nitrogen and oxygen atoms in total. The van der Waals surface area contributed by atoms with Gasteiger partial charge in [0.05, 0.1) is 21.1 Å². The Labute approximate surface area is 178 Å². The fourth-order valence-electron chi connectivity index (χ4n) is 3.06. The molecule has 28 heavy (non-hydrogen) atoms.